The lowest BCUT2D eigenvalue weighted by Crippen LogP contribution is -2.24. The summed E-state index contributed by atoms with van der Waals surface area (Å²) >= 11 is 0. The molecular formula is C17H19NO2. The molecule has 3 heteroatoms. The second-order valence-corrected chi connectivity index (χ2v) is 4.89. The van der Waals surface area contributed by atoms with Gasteiger partial charge in [0, 0.05) is 12.1 Å². The van der Waals surface area contributed by atoms with Gasteiger partial charge in [-0.15, -0.1) is 0 Å². The lowest BCUT2D eigenvalue weighted by molar-refractivity contribution is 0.0953. The highest BCUT2D eigenvalue weighted by Gasteiger charge is 2.03. The van der Waals surface area contributed by atoms with Crippen molar-refractivity contribution in [3.63, 3.8) is 0 Å². The van der Waals surface area contributed by atoms with E-state index >= 15 is 0 Å². The highest BCUT2D eigenvalue weighted by atomic mass is 16.3. The Morgan fingerprint density at radius 3 is 2.35 bits per heavy atom. The Morgan fingerprint density at radius 2 is 1.70 bits per heavy atom. The molecule has 1 amide bonds. The molecule has 2 aromatic rings. The van der Waals surface area contributed by atoms with Crippen LogP contribution in [0.15, 0.2) is 48.5 Å². The van der Waals surface area contributed by atoms with E-state index in [-0.39, 0.29) is 11.7 Å². The molecule has 2 N–H and O–H groups in total. The van der Waals surface area contributed by atoms with Crippen LogP contribution in [0.2, 0.25) is 0 Å². The fraction of sp³-hybridized carbons (Fsp3) is 0.235. The van der Waals surface area contributed by atoms with Gasteiger partial charge in [0.25, 0.3) is 5.91 Å². The molecule has 3 nitrogen and oxygen atoms in total. The number of hydrogen-bond acceptors (Lipinski definition) is 2. The van der Waals surface area contributed by atoms with E-state index in [0.29, 0.717) is 12.1 Å². The molecule has 0 aliphatic heterocycles. The summed E-state index contributed by atoms with van der Waals surface area (Å²) in [5.74, 6) is 0.247. The molecule has 2 aromatic carbocycles. The van der Waals surface area contributed by atoms with Crippen LogP contribution in [0.25, 0.3) is 0 Å². The molecule has 0 aromatic heterocycles. The largest absolute Gasteiger partial charge is 0.508 e. The van der Waals surface area contributed by atoms with Crippen molar-refractivity contribution >= 4 is 5.91 Å². The summed E-state index contributed by atoms with van der Waals surface area (Å²) in [6.07, 6.45) is 1.76. The number of aryl methyl sites for hydroxylation is 2. The Balaban J connectivity index is 1.74. The summed E-state index contributed by atoms with van der Waals surface area (Å²) in [4.78, 5) is 11.9. The maximum Gasteiger partial charge on any atom is 0.251 e. The zero-order valence-corrected chi connectivity index (χ0v) is 11.6. The molecule has 0 heterocycles. The Kier molecular flexibility index (Phi) is 4.77. The number of rotatable bonds is 5. The number of benzene rings is 2. The normalized spacial score (nSPS) is 10.2. The van der Waals surface area contributed by atoms with Crippen LogP contribution in [0.3, 0.4) is 0 Å². The van der Waals surface area contributed by atoms with E-state index in [1.54, 1.807) is 12.1 Å². The number of carbonyl (C=O) groups excluding carboxylic acids is 1. The molecule has 0 aliphatic carbocycles. The fourth-order valence-corrected chi connectivity index (χ4v) is 1.96. The number of amides is 1. The van der Waals surface area contributed by atoms with Crippen LogP contribution < -0.4 is 5.32 Å². The second kappa shape index (κ2) is 6.75. The van der Waals surface area contributed by atoms with Gasteiger partial charge in [0.05, 0.1) is 0 Å². The molecule has 0 aliphatic rings. The predicted molar refractivity (Wildman–Crippen MR) is 79.9 cm³/mol. The van der Waals surface area contributed by atoms with E-state index in [4.69, 9.17) is 0 Å². The third-order valence-corrected chi connectivity index (χ3v) is 3.18. The summed E-state index contributed by atoms with van der Waals surface area (Å²) in [6, 6.07) is 14.7. The zero-order chi connectivity index (χ0) is 14.4. The van der Waals surface area contributed by atoms with Crippen LogP contribution >= 0.6 is 0 Å². The number of nitrogens with one attached hydrogen (secondary N) is 1. The van der Waals surface area contributed by atoms with E-state index in [2.05, 4.69) is 5.32 Å². The first kappa shape index (κ1) is 14.1. The molecule has 0 unspecified atom stereocenters. The minimum absolute atomic E-state index is 0.0318. The van der Waals surface area contributed by atoms with Crippen molar-refractivity contribution in [3.05, 3.63) is 65.2 Å². The van der Waals surface area contributed by atoms with E-state index in [1.807, 2.05) is 43.3 Å². The molecular weight excluding hydrogens is 250 g/mol. The molecule has 0 atom stereocenters. The summed E-state index contributed by atoms with van der Waals surface area (Å²) < 4.78 is 0. The van der Waals surface area contributed by atoms with Crippen molar-refractivity contribution in [2.75, 3.05) is 6.54 Å². The van der Waals surface area contributed by atoms with Crippen molar-refractivity contribution in [2.24, 2.45) is 0 Å². The summed E-state index contributed by atoms with van der Waals surface area (Å²) in [6.45, 7) is 2.65. The van der Waals surface area contributed by atoms with Crippen molar-refractivity contribution in [1.82, 2.24) is 5.32 Å². The lowest BCUT2D eigenvalue weighted by Gasteiger charge is -2.06. The van der Waals surface area contributed by atoms with Crippen LogP contribution in [0.1, 0.15) is 27.9 Å². The molecule has 20 heavy (non-hydrogen) atoms. The fourth-order valence-electron chi connectivity index (χ4n) is 1.96. The molecule has 2 rings (SSSR count). The molecule has 0 saturated carbocycles. The van der Waals surface area contributed by atoms with Crippen molar-refractivity contribution in [1.29, 1.82) is 0 Å². The van der Waals surface area contributed by atoms with Crippen molar-refractivity contribution in [2.45, 2.75) is 19.8 Å². The Morgan fingerprint density at radius 1 is 1.05 bits per heavy atom. The van der Waals surface area contributed by atoms with E-state index < -0.39 is 0 Å². The SMILES string of the molecule is Cc1ccc(C(=O)NCCCc2ccc(O)cc2)cc1. The van der Waals surface area contributed by atoms with Crippen LogP contribution in [0, 0.1) is 6.92 Å². The van der Waals surface area contributed by atoms with E-state index in [0.717, 1.165) is 24.0 Å². The monoisotopic (exact) mass is 269 g/mol. The van der Waals surface area contributed by atoms with Crippen LogP contribution in [-0.4, -0.2) is 17.6 Å². The first-order valence-corrected chi connectivity index (χ1v) is 6.78. The Bertz CT molecular complexity index is 559. The number of phenolic OH excluding ortho intramolecular Hbond substituents is 1. The highest BCUT2D eigenvalue weighted by molar-refractivity contribution is 5.94. The summed E-state index contributed by atoms with van der Waals surface area (Å²) in [5, 5.41) is 12.1. The van der Waals surface area contributed by atoms with Gasteiger partial charge in [-0.25, -0.2) is 0 Å². The van der Waals surface area contributed by atoms with E-state index in [1.165, 1.54) is 0 Å². The smallest absolute Gasteiger partial charge is 0.251 e. The standard InChI is InChI=1S/C17H19NO2/c1-13-4-8-15(9-5-13)17(20)18-12-2-3-14-6-10-16(19)11-7-14/h4-11,19H,2-3,12H2,1H3,(H,18,20). The summed E-state index contributed by atoms with van der Waals surface area (Å²) in [5.41, 5.74) is 3.00. The lowest BCUT2D eigenvalue weighted by atomic mass is 10.1. The second-order valence-electron chi connectivity index (χ2n) is 4.89. The summed E-state index contributed by atoms with van der Waals surface area (Å²) in [7, 11) is 0. The minimum atomic E-state index is -0.0318. The molecule has 104 valence electrons. The topological polar surface area (TPSA) is 49.3 Å². The van der Waals surface area contributed by atoms with E-state index in [9.17, 15) is 9.90 Å². The van der Waals surface area contributed by atoms with Gasteiger partial charge in [-0.1, -0.05) is 29.8 Å². The van der Waals surface area contributed by atoms with Crippen molar-refractivity contribution < 1.29 is 9.90 Å². The molecule has 0 radical (unpaired) electrons. The third-order valence-electron chi connectivity index (χ3n) is 3.18. The average molecular weight is 269 g/mol. The van der Waals surface area contributed by atoms with Gasteiger partial charge in [0.1, 0.15) is 5.75 Å². The van der Waals surface area contributed by atoms with Gasteiger partial charge in [0.15, 0.2) is 0 Å². The van der Waals surface area contributed by atoms with Gasteiger partial charge in [-0.05, 0) is 49.6 Å². The highest BCUT2D eigenvalue weighted by Crippen LogP contribution is 2.10. The van der Waals surface area contributed by atoms with Gasteiger partial charge in [0.2, 0.25) is 0 Å². The Hall–Kier alpha value is -2.29. The number of carbonyl (C=O) groups is 1. The third kappa shape index (κ3) is 4.12. The minimum Gasteiger partial charge on any atom is -0.508 e. The molecule has 0 spiro atoms. The van der Waals surface area contributed by atoms with Gasteiger partial charge in [-0.2, -0.15) is 0 Å². The van der Waals surface area contributed by atoms with Crippen molar-refractivity contribution in [3.8, 4) is 5.75 Å². The predicted octanol–water partition coefficient (Wildman–Crippen LogP) is 3.06. The Labute approximate surface area is 119 Å². The van der Waals surface area contributed by atoms with Crippen LogP contribution in [0.4, 0.5) is 0 Å². The number of aromatic hydroxyl groups is 1. The zero-order valence-electron chi connectivity index (χ0n) is 11.6. The molecule has 0 bridgehead atoms. The maximum atomic E-state index is 11.9. The van der Waals surface area contributed by atoms with Crippen LogP contribution in [0.5, 0.6) is 5.75 Å². The first-order valence-electron chi connectivity index (χ1n) is 6.78. The van der Waals surface area contributed by atoms with Gasteiger partial charge >= 0.3 is 0 Å². The molecule has 0 fully saturated rings. The van der Waals surface area contributed by atoms with Gasteiger partial charge in [-0.3, -0.25) is 4.79 Å². The van der Waals surface area contributed by atoms with Gasteiger partial charge < -0.3 is 10.4 Å². The number of hydrogen-bond donors (Lipinski definition) is 2. The van der Waals surface area contributed by atoms with Crippen LogP contribution in [-0.2, 0) is 6.42 Å². The molecule has 0 saturated heterocycles. The average Bonchev–Trinajstić information content (AvgIpc) is 2.46. The first-order chi connectivity index (χ1) is 9.65. The quantitative estimate of drug-likeness (QED) is 0.820. The number of phenols is 1. The maximum absolute atomic E-state index is 11.9.